The van der Waals surface area contributed by atoms with Gasteiger partial charge in [-0.2, -0.15) is 0 Å². The number of ether oxygens (including phenoxy) is 1. The average molecular weight is 278 g/mol. The lowest BCUT2D eigenvalue weighted by Crippen LogP contribution is -2.38. The lowest BCUT2D eigenvalue weighted by Gasteiger charge is -2.34. The predicted octanol–water partition coefficient (Wildman–Crippen LogP) is 1.86. The Morgan fingerprint density at radius 3 is 2.80 bits per heavy atom. The highest BCUT2D eigenvalue weighted by atomic mass is 16.5. The molecule has 2 saturated heterocycles. The van der Waals surface area contributed by atoms with E-state index in [0.29, 0.717) is 17.7 Å². The van der Waals surface area contributed by atoms with E-state index < -0.39 is 5.97 Å². The maximum atomic E-state index is 11.2. The second-order valence-corrected chi connectivity index (χ2v) is 5.87. The van der Waals surface area contributed by atoms with E-state index in [2.05, 4.69) is 4.90 Å². The predicted molar refractivity (Wildman–Crippen MR) is 75.0 cm³/mol. The van der Waals surface area contributed by atoms with E-state index in [1.807, 2.05) is 16.8 Å². The molecule has 1 N–H and O–H groups in total. The summed E-state index contributed by atoms with van der Waals surface area (Å²) in [4.78, 5) is 13.7. The molecule has 0 saturated carbocycles. The molecule has 3 rings (SSSR count). The lowest BCUT2D eigenvalue weighted by molar-refractivity contribution is 0.0677. The molecule has 1 atom stereocenters. The Morgan fingerprint density at radius 2 is 2.15 bits per heavy atom. The Morgan fingerprint density at radius 1 is 1.35 bits per heavy atom. The summed E-state index contributed by atoms with van der Waals surface area (Å²) in [5, 5.41) is 9.18. The highest BCUT2D eigenvalue weighted by molar-refractivity contribution is 5.85. The summed E-state index contributed by atoms with van der Waals surface area (Å²) >= 11 is 0. The smallest absolute Gasteiger partial charge is 0.352 e. The van der Waals surface area contributed by atoms with Crippen molar-refractivity contribution in [3.8, 4) is 0 Å². The van der Waals surface area contributed by atoms with Crippen molar-refractivity contribution < 1.29 is 14.6 Å². The molecule has 0 aliphatic carbocycles. The van der Waals surface area contributed by atoms with Crippen LogP contribution in [-0.2, 0) is 4.74 Å². The van der Waals surface area contributed by atoms with Crippen LogP contribution in [0.25, 0.3) is 0 Å². The quantitative estimate of drug-likeness (QED) is 0.913. The van der Waals surface area contributed by atoms with Gasteiger partial charge in [-0.1, -0.05) is 0 Å². The van der Waals surface area contributed by atoms with Gasteiger partial charge < -0.3 is 19.3 Å². The van der Waals surface area contributed by atoms with Crippen LogP contribution in [0.1, 0.15) is 35.8 Å². The number of aromatic carboxylic acids is 1. The third-order valence-electron chi connectivity index (χ3n) is 4.49. The molecule has 2 aliphatic heterocycles. The van der Waals surface area contributed by atoms with Gasteiger partial charge >= 0.3 is 5.97 Å². The topological polar surface area (TPSA) is 54.7 Å². The molecular weight excluding hydrogens is 256 g/mol. The maximum absolute atomic E-state index is 11.2. The number of hydrogen-bond acceptors (Lipinski definition) is 3. The van der Waals surface area contributed by atoms with Crippen LogP contribution in [0.5, 0.6) is 0 Å². The third kappa shape index (κ3) is 2.88. The first kappa shape index (κ1) is 13.6. The third-order valence-corrected chi connectivity index (χ3v) is 4.49. The molecule has 110 valence electrons. The minimum Gasteiger partial charge on any atom is -0.477 e. The van der Waals surface area contributed by atoms with Gasteiger partial charge in [0.15, 0.2) is 0 Å². The molecule has 0 spiro atoms. The largest absolute Gasteiger partial charge is 0.477 e. The number of carboxylic acids is 1. The molecule has 0 amide bonds. The SMILES string of the molecule is O=C(O)c1cccn1C1CCN(CC2CCOC2)CC1. The Labute approximate surface area is 119 Å². The minimum atomic E-state index is -0.833. The summed E-state index contributed by atoms with van der Waals surface area (Å²) in [5.74, 6) is -0.145. The van der Waals surface area contributed by atoms with E-state index in [4.69, 9.17) is 4.74 Å². The molecule has 5 heteroatoms. The average Bonchev–Trinajstić information content (AvgIpc) is 3.10. The van der Waals surface area contributed by atoms with Gasteiger partial charge in [-0.15, -0.1) is 0 Å². The Hall–Kier alpha value is -1.33. The number of nitrogens with zero attached hydrogens (tertiary/aromatic N) is 2. The molecule has 0 aromatic carbocycles. The minimum absolute atomic E-state index is 0.326. The van der Waals surface area contributed by atoms with Gasteiger partial charge in [0.05, 0.1) is 6.61 Å². The zero-order valence-electron chi connectivity index (χ0n) is 11.7. The summed E-state index contributed by atoms with van der Waals surface area (Å²) in [6.45, 7) is 5.05. The fourth-order valence-electron chi connectivity index (χ4n) is 3.37. The Kier molecular flexibility index (Phi) is 4.08. The van der Waals surface area contributed by atoms with Gasteiger partial charge in [0.25, 0.3) is 0 Å². The van der Waals surface area contributed by atoms with Crippen molar-refractivity contribution in [2.45, 2.75) is 25.3 Å². The van der Waals surface area contributed by atoms with Crippen LogP contribution in [0.4, 0.5) is 0 Å². The fourth-order valence-corrected chi connectivity index (χ4v) is 3.37. The van der Waals surface area contributed by atoms with Gasteiger partial charge in [0.1, 0.15) is 5.69 Å². The maximum Gasteiger partial charge on any atom is 0.352 e. The van der Waals surface area contributed by atoms with E-state index in [0.717, 1.165) is 45.7 Å². The number of hydrogen-bond donors (Lipinski definition) is 1. The molecule has 2 aliphatic rings. The zero-order chi connectivity index (χ0) is 13.9. The van der Waals surface area contributed by atoms with Gasteiger partial charge in [0.2, 0.25) is 0 Å². The van der Waals surface area contributed by atoms with Crippen LogP contribution >= 0.6 is 0 Å². The van der Waals surface area contributed by atoms with Crippen molar-refractivity contribution in [1.29, 1.82) is 0 Å². The molecule has 2 fully saturated rings. The number of carbonyl (C=O) groups is 1. The molecule has 0 bridgehead atoms. The van der Waals surface area contributed by atoms with E-state index in [1.165, 1.54) is 6.42 Å². The van der Waals surface area contributed by atoms with Crippen molar-refractivity contribution in [1.82, 2.24) is 9.47 Å². The van der Waals surface area contributed by atoms with Crippen LogP contribution in [0.2, 0.25) is 0 Å². The first-order valence-corrected chi connectivity index (χ1v) is 7.44. The molecule has 1 aromatic heterocycles. The van der Waals surface area contributed by atoms with E-state index in [-0.39, 0.29) is 0 Å². The number of likely N-dealkylation sites (tertiary alicyclic amines) is 1. The Balaban J connectivity index is 1.55. The highest BCUT2D eigenvalue weighted by Crippen LogP contribution is 2.26. The van der Waals surface area contributed by atoms with E-state index in [1.54, 1.807) is 6.07 Å². The van der Waals surface area contributed by atoms with Crippen molar-refractivity contribution in [3.05, 3.63) is 24.0 Å². The molecule has 5 nitrogen and oxygen atoms in total. The fraction of sp³-hybridized carbons (Fsp3) is 0.667. The van der Waals surface area contributed by atoms with Crippen LogP contribution in [0.15, 0.2) is 18.3 Å². The molecule has 1 unspecified atom stereocenters. The second kappa shape index (κ2) is 5.97. The summed E-state index contributed by atoms with van der Waals surface area (Å²) in [5.41, 5.74) is 0.410. The number of carboxylic acid groups (broad SMARTS) is 1. The molecule has 20 heavy (non-hydrogen) atoms. The molecule has 0 radical (unpaired) electrons. The standard InChI is InChI=1S/C15H22N2O3/c18-15(19)14-2-1-6-17(14)13-3-7-16(8-4-13)10-12-5-9-20-11-12/h1-2,6,12-13H,3-5,7-11H2,(H,18,19). The summed E-state index contributed by atoms with van der Waals surface area (Å²) < 4.78 is 7.35. The molecular formula is C15H22N2O3. The van der Waals surface area contributed by atoms with Crippen LogP contribution < -0.4 is 0 Å². The monoisotopic (exact) mass is 278 g/mol. The van der Waals surface area contributed by atoms with Crippen molar-refractivity contribution >= 4 is 5.97 Å². The Bertz CT molecular complexity index is 457. The highest BCUT2D eigenvalue weighted by Gasteiger charge is 2.25. The number of aromatic nitrogens is 1. The van der Waals surface area contributed by atoms with E-state index in [9.17, 15) is 9.90 Å². The molecule has 1 aromatic rings. The summed E-state index contributed by atoms with van der Waals surface area (Å²) in [7, 11) is 0. The van der Waals surface area contributed by atoms with Crippen molar-refractivity contribution in [2.24, 2.45) is 5.92 Å². The van der Waals surface area contributed by atoms with Crippen LogP contribution in [-0.4, -0.2) is 53.4 Å². The van der Waals surface area contributed by atoms with Gasteiger partial charge in [0, 0.05) is 38.5 Å². The number of rotatable bonds is 4. The van der Waals surface area contributed by atoms with Crippen LogP contribution in [0.3, 0.4) is 0 Å². The first-order valence-electron chi connectivity index (χ1n) is 7.44. The van der Waals surface area contributed by atoms with Gasteiger partial charge in [-0.3, -0.25) is 0 Å². The van der Waals surface area contributed by atoms with Gasteiger partial charge in [-0.05, 0) is 37.3 Å². The normalized spacial score (nSPS) is 25.1. The number of piperidine rings is 1. The van der Waals surface area contributed by atoms with Crippen molar-refractivity contribution in [3.63, 3.8) is 0 Å². The summed E-state index contributed by atoms with van der Waals surface area (Å²) in [6.07, 6.45) is 5.14. The van der Waals surface area contributed by atoms with E-state index >= 15 is 0 Å². The lowest BCUT2D eigenvalue weighted by atomic mass is 10.0. The van der Waals surface area contributed by atoms with Gasteiger partial charge in [-0.25, -0.2) is 4.79 Å². The zero-order valence-corrected chi connectivity index (χ0v) is 11.7. The molecule has 3 heterocycles. The van der Waals surface area contributed by atoms with Crippen LogP contribution in [0, 0.1) is 5.92 Å². The first-order chi connectivity index (χ1) is 9.74. The van der Waals surface area contributed by atoms with Crippen molar-refractivity contribution in [2.75, 3.05) is 32.8 Å². The summed E-state index contributed by atoms with van der Waals surface area (Å²) in [6, 6.07) is 3.84. The second-order valence-electron chi connectivity index (χ2n) is 5.87.